The summed E-state index contributed by atoms with van der Waals surface area (Å²) in [4.78, 5) is 0. The van der Waals surface area contributed by atoms with Gasteiger partial charge in [-0.1, -0.05) is 23.7 Å². The van der Waals surface area contributed by atoms with Crippen molar-refractivity contribution in [1.29, 1.82) is 0 Å². The van der Waals surface area contributed by atoms with E-state index in [1.807, 2.05) is 0 Å². The highest BCUT2D eigenvalue weighted by atomic mass is 35.5. The highest BCUT2D eigenvalue weighted by Gasteiger charge is 2.00. The molecule has 0 fully saturated rings. The number of halogens is 1. The van der Waals surface area contributed by atoms with E-state index in [-0.39, 0.29) is 5.75 Å². The molecule has 0 N–H and O–H groups in total. The van der Waals surface area contributed by atoms with Gasteiger partial charge in [0.1, 0.15) is 0 Å². The molecule has 0 spiro atoms. The van der Waals surface area contributed by atoms with Crippen molar-refractivity contribution in [2.24, 2.45) is 0 Å². The van der Waals surface area contributed by atoms with Crippen molar-refractivity contribution in [3.8, 4) is 5.75 Å². The van der Waals surface area contributed by atoms with E-state index in [4.69, 9.17) is 11.6 Å². The Kier molecular flexibility index (Phi) is 1.63. The van der Waals surface area contributed by atoms with Gasteiger partial charge in [-0.3, -0.25) is 5.11 Å². The molecule has 0 saturated heterocycles. The van der Waals surface area contributed by atoms with Crippen LogP contribution in [0.3, 0.4) is 0 Å². The molecule has 0 unspecified atom stereocenters. The smallest absolute Gasteiger partial charge is 0.200 e. The second-order valence-electron chi connectivity index (χ2n) is 1.89. The second-order valence-corrected chi connectivity index (χ2v) is 2.29. The predicted octanol–water partition coefficient (Wildman–Crippen LogP) is 2.79. The summed E-state index contributed by atoms with van der Waals surface area (Å²) in [7, 11) is 0. The molecule has 47 valence electrons. The fourth-order valence-corrected chi connectivity index (χ4v) is 0.838. The molecule has 0 amide bonds. The molecular weight excluding hydrogens is 136 g/mol. The van der Waals surface area contributed by atoms with Crippen molar-refractivity contribution < 1.29 is 5.11 Å². The van der Waals surface area contributed by atoms with E-state index in [9.17, 15) is 5.11 Å². The zero-order valence-corrected chi connectivity index (χ0v) is 5.77. The van der Waals surface area contributed by atoms with Crippen LogP contribution < -0.4 is 0 Å². The summed E-state index contributed by atoms with van der Waals surface area (Å²) in [5, 5.41) is 11.1. The van der Waals surface area contributed by atoms with Crippen LogP contribution in [0.5, 0.6) is 5.75 Å². The summed E-state index contributed by atoms with van der Waals surface area (Å²) in [6, 6.07) is 5.10. The maximum Gasteiger partial charge on any atom is 0.200 e. The van der Waals surface area contributed by atoms with Crippen molar-refractivity contribution >= 4 is 11.6 Å². The molecule has 1 aromatic carbocycles. The minimum Gasteiger partial charge on any atom is -0.288 e. The first-order valence-corrected chi connectivity index (χ1v) is 3.02. The molecule has 1 radical (unpaired) electrons. The van der Waals surface area contributed by atoms with E-state index in [1.54, 1.807) is 25.1 Å². The van der Waals surface area contributed by atoms with Gasteiger partial charge < -0.3 is 0 Å². The zero-order chi connectivity index (χ0) is 6.85. The molecule has 0 heterocycles. The molecule has 0 saturated carbocycles. The Hall–Kier alpha value is -0.690. The van der Waals surface area contributed by atoms with Crippen LogP contribution in [0.15, 0.2) is 18.2 Å². The van der Waals surface area contributed by atoms with Crippen molar-refractivity contribution in [1.82, 2.24) is 0 Å². The van der Waals surface area contributed by atoms with Crippen LogP contribution in [0, 0.1) is 6.92 Å². The molecule has 0 aliphatic heterocycles. The topological polar surface area (TPSA) is 19.9 Å². The maximum absolute atomic E-state index is 10.8. The Morgan fingerprint density at radius 2 is 2.11 bits per heavy atom. The Balaban J connectivity index is 3.25. The molecule has 0 aromatic heterocycles. The van der Waals surface area contributed by atoms with Gasteiger partial charge in [0.25, 0.3) is 0 Å². The van der Waals surface area contributed by atoms with Gasteiger partial charge in [-0.25, -0.2) is 0 Å². The Morgan fingerprint density at radius 1 is 1.44 bits per heavy atom. The number of para-hydroxylation sites is 1. The van der Waals surface area contributed by atoms with Gasteiger partial charge in [-0.2, -0.15) is 0 Å². The molecule has 0 bridgehead atoms. The molecule has 1 nitrogen and oxygen atoms in total. The average molecular weight is 142 g/mol. The number of hydrogen-bond donors (Lipinski definition) is 0. The molecule has 2 heteroatoms. The third-order valence-electron chi connectivity index (χ3n) is 1.16. The molecule has 1 rings (SSSR count). The summed E-state index contributed by atoms with van der Waals surface area (Å²) >= 11 is 5.50. The molecule has 0 aliphatic carbocycles. The zero-order valence-electron chi connectivity index (χ0n) is 5.02. The van der Waals surface area contributed by atoms with Crippen LogP contribution in [0.4, 0.5) is 0 Å². The van der Waals surface area contributed by atoms with Crippen molar-refractivity contribution in [3.63, 3.8) is 0 Å². The Morgan fingerprint density at radius 3 is 2.56 bits per heavy atom. The summed E-state index contributed by atoms with van der Waals surface area (Å²) in [6.45, 7) is 1.74. The fourth-order valence-electron chi connectivity index (χ4n) is 0.617. The lowest BCUT2D eigenvalue weighted by atomic mass is 10.2. The van der Waals surface area contributed by atoms with E-state index in [0.29, 0.717) is 10.6 Å². The summed E-state index contributed by atoms with van der Waals surface area (Å²) in [6.07, 6.45) is 0. The SMILES string of the molecule is Cc1cccc(Cl)c1[O]. The maximum atomic E-state index is 10.8. The molecule has 0 atom stereocenters. The Bertz CT molecular complexity index is 200. The summed E-state index contributed by atoms with van der Waals surface area (Å²) < 4.78 is 0. The fraction of sp³-hybridized carbons (Fsp3) is 0.143. The number of hydrogen-bond acceptors (Lipinski definition) is 0. The van der Waals surface area contributed by atoms with Crippen LogP contribution in [0.2, 0.25) is 5.02 Å². The summed E-state index contributed by atoms with van der Waals surface area (Å²) in [5.74, 6) is -0.0702. The van der Waals surface area contributed by atoms with Crippen LogP contribution in [-0.2, 0) is 5.11 Å². The molecule has 0 aliphatic rings. The normalized spacial score (nSPS) is 9.56. The first-order chi connectivity index (χ1) is 4.22. The highest BCUT2D eigenvalue weighted by Crippen LogP contribution is 2.26. The highest BCUT2D eigenvalue weighted by molar-refractivity contribution is 6.32. The monoisotopic (exact) mass is 141 g/mol. The predicted molar refractivity (Wildman–Crippen MR) is 36.3 cm³/mol. The third kappa shape index (κ3) is 1.16. The van der Waals surface area contributed by atoms with Gasteiger partial charge in [0.2, 0.25) is 0 Å². The van der Waals surface area contributed by atoms with Crippen LogP contribution in [0.25, 0.3) is 0 Å². The third-order valence-corrected chi connectivity index (χ3v) is 1.46. The van der Waals surface area contributed by atoms with Crippen LogP contribution >= 0.6 is 11.6 Å². The lowest BCUT2D eigenvalue weighted by Gasteiger charge is -1.93. The average Bonchev–Trinajstić information content (AvgIpc) is 1.83. The second kappa shape index (κ2) is 2.28. The lowest BCUT2D eigenvalue weighted by Crippen LogP contribution is -1.71. The Labute approximate surface area is 58.9 Å². The van der Waals surface area contributed by atoms with Gasteiger partial charge in [0.15, 0.2) is 5.75 Å². The number of aryl methyl sites for hydroxylation is 1. The molecule has 1 aromatic rings. The lowest BCUT2D eigenvalue weighted by molar-refractivity contribution is 0.352. The van der Waals surface area contributed by atoms with Crippen molar-refractivity contribution in [2.45, 2.75) is 6.92 Å². The molecule has 9 heavy (non-hydrogen) atoms. The standard InChI is InChI=1S/C7H6ClO/c1-5-3-2-4-6(8)7(5)9/h2-4H,1H3. The van der Waals surface area contributed by atoms with E-state index >= 15 is 0 Å². The van der Waals surface area contributed by atoms with E-state index in [1.165, 1.54) is 0 Å². The van der Waals surface area contributed by atoms with Gasteiger partial charge >= 0.3 is 0 Å². The quantitative estimate of drug-likeness (QED) is 0.530. The van der Waals surface area contributed by atoms with Crippen LogP contribution in [0.1, 0.15) is 5.56 Å². The number of rotatable bonds is 0. The van der Waals surface area contributed by atoms with Crippen molar-refractivity contribution in [3.05, 3.63) is 28.8 Å². The van der Waals surface area contributed by atoms with E-state index < -0.39 is 0 Å². The summed E-state index contributed by atoms with van der Waals surface area (Å²) in [5.41, 5.74) is 0.697. The minimum atomic E-state index is -0.0702. The van der Waals surface area contributed by atoms with Gasteiger partial charge in [0.05, 0.1) is 5.02 Å². The largest absolute Gasteiger partial charge is 0.288 e. The van der Waals surface area contributed by atoms with Gasteiger partial charge in [0, 0.05) is 0 Å². The first-order valence-electron chi connectivity index (χ1n) is 2.64. The minimum absolute atomic E-state index is 0.0702. The van der Waals surface area contributed by atoms with Gasteiger partial charge in [-0.05, 0) is 18.6 Å². The van der Waals surface area contributed by atoms with Crippen molar-refractivity contribution in [2.75, 3.05) is 0 Å². The van der Waals surface area contributed by atoms with E-state index in [0.717, 1.165) is 0 Å². The number of benzene rings is 1. The van der Waals surface area contributed by atoms with E-state index in [2.05, 4.69) is 0 Å². The van der Waals surface area contributed by atoms with Gasteiger partial charge in [-0.15, -0.1) is 0 Å². The molecular formula is C7H6ClO. The van der Waals surface area contributed by atoms with Crippen LogP contribution in [-0.4, -0.2) is 0 Å². The first kappa shape index (κ1) is 6.43.